The zero-order valence-electron chi connectivity index (χ0n) is 11.3. The molecule has 0 saturated carbocycles. The predicted molar refractivity (Wildman–Crippen MR) is 74.3 cm³/mol. The van der Waals surface area contributed by atoms with E-state index in [2.05, 4.69) is 25.4 Å². The number of hydrogen-bond acceptors (Lipinski definition) is 5. The van der Waals surface area contributed by atoms with Gasteiger partial charge in [0.15, 0.2) is 5.82 Å². The van der Waals surface area contributed by atoms with Crippen LogP contribution in [0.5, 0.6) is 0 Å². The number of hydrogen-bond donors (Lipinski definition) is 1. The van der Waals surface area contributed by atoms with Crippen LogP contribution in [0, 0.1) is 6.92 Å². The Morgan fingerprint density at radius 3 is 2.95 bits per heavy atom. The van der Waals surface area contributed by atoms with Crippen molar-refractivity contribution in [3.05, 3.63) is 18.2 Å². The number of likely N-dealkylation sites (tertiary alicyclic amines) is 1. The van der Waals surface area contributed by atoms with Crippen LogP contribution in [0.1, 0.15) is 25.1 Å². The van der Waals surface area contributed by atoms with Gasteiger partial charge in [0.05, 0.1) is 0 Å². The molecule has 0 atom stereocenters. The second-order valence-electron chi connectivity index (χ2n) is 5.05. The molecule has 0 bridgehead atoms. The maximum absolute atomic E-state index is 4.34. The van der Waals surface area contributed by atoms with Crippen molar-refractivity contribution in [2.24, 2.45) is 0 Å². The molecular formula is C13H20N6. The highest BCUT2D eigenvalue weighted by molar-refractivity contribution is 5.61. The molecule has 1 aliphatic heterocycles. The van der Waals surface area contributed by atoms with Crippen molar-refractivity contribution in [3.63, 3.8) is 0 Å². The number of nitrogens with one attached hydrogen (secondary N) is 1. The molecule has 1 aliphatic rings. The van der Waals surface area contributed by atoms with E-state index >= 15 is 0 Å². The minimum atomic E-state index is 0.807. The Morgan fingerprint density at radius 2 is 2.11 bits per heavy atom. The highest BCUT2D eigenvalue weighted by Crippen LogP contribution is 2.12. The van der Waals surface area contributed by atoms with Crippen LogP contribution >= 0.6 is 0 Å². The Labute approximate surface area is 112 Å². The third kappa shape index (κ3) is 2.68. The van der Waals surface area contributed by atoms with E-state index in [9.17, 15) is 0 Å². The number of fused-ring (bicyclic) bond motifs is 1. The lowest BCUT2D eigenvalue weighted by molar-refractivity contribution is 0.337. The van der Waals surface area contributed by atoms with E-state index in [4.69, 9.17) is 0 Å². The fourth-order valence-corrected chi connectivity index (χ4v) is 2.58. The number of aromatic nitrogens is 4. The van der Waals surface area contributed by atoms with Gasteiger partial charge < -0.3 is 10.2 Å². The molecule has 19 heavy (non-hydrogen) atoms. The standard InChI is InChI=1S/C13H20N6/c1-11-16-17-13-12(15-6-10-19(11)13)14-5-4-9-18-7-2-3-8-18/h6,10H,2-5,7-9H2,1H3,(H,14,15). The highest BCUT2D eigenvalue weighted by atomic mass is 15.3. The second-order valence-corrected chi connectivity index (χ2v) is 5.05. The first kappa shape index (κ1) is 12.3. The van der Waals surface area contributed by atoms with Crippen LogP contribution in [0.2, 0.25) is 0 Å². The molecule has 2 aromatic heterocycles. The molecule has 2 aromatic rings. The minimum Gasteiger partial charge on any atom is -0.367 e. The molecule has 0 radical (unpaired) electrons. The summed E-state index contributed by atoms with van der Waals surface area (Å²) in [6.45, 7) is 6.56. The lowest BCUT2D eigenvalue weighted by Gasteiger charge is -2.14. The van der Waals surface area contributed by atoms with E-state index < -0.39 is 0 Å². The molecule has 3 rings (SSSR count). The molecule has 6 nitrogen and oxygen atoms in total. The molecule has 3 heterocycles. The van der Waals surface area contributed by atoms with Gasteiger partial charge >= 0.3 is 0 Å². The van der Waals surface area contributed by atoms with E-state index in [1.54, 1.807) is 6.20 Å². The van der Waals surface area contributed by atoms with Crippen molar-refractivity contribution in [2.45, 2.75) is 26.2 Å². The SMILES string of the molecule is Cc1nnc2c(NCCCN3CCCC3)nccn12. The summed E-state index contributed by atoms with van der Waals surface area (Å²) in [5.74, 6) is 1.71. The lowest BCUT2D eigenvalue weighted by Crippen LogP contribution is -2.22. The van der Waals surface area contributed by atoms with Gasteiger partial charge in [-0.05, 0) is 45.8 Å². The molecule has 0 spiro atoms. The van der Waals surface area contributed by atoms with Crippen molar-refractivity contribution in [1.82, 2.24) is 24.5 Å². The van der Waals surface area contributed by atoms with E-state index in [0.29, 0.717) is 0 Å². The van der Waals surface area contributed by atoms with Crippen LogP contribution < -0.4 is 5.32 Å². The molecule has 1 N–H and O–H groups in total. The Morgan fingerprint density at radius 1 is 1.26 bits per heavy atom. The lowest BCUT2D eigenvalue weighted by atomic mass is 10.4. The average molecular weight is 260 g/mol. The molecule has 0 aromatic carbocycles. The molecule has 1 fully saturated rings. The molecule has 0 amide bonds. The minimum absolute atomic E-state index is 0.807. The summed E-state index contributed by atoms with van der Waals surface area (Å²) in [4.78, 5) is 6.87. The summed E-state index contributed by atoms with van der Waals surface area (Å²) in [5.41, 5.74) is 0.807. The summed E-state index contributed by atoms with van der Waals surface area (Å²) in [5, 5.41) is 11.6. The fourth-order valence-electron chi connectivity index (χ4n) is 2.58. The van der Waals surface area contributed by atoms with Gasteiger partial charge in [-0.15, -0.1) is 10.2 Å². The molecular weight excluding hydrogens is 240 g/mol. The topological polar surface area (TPSA) is 58.4 Å². The third-order valence-electron chi connectivity index (χ3n) is 3.64. The van der Waals surface area contributed by atoms with Crippen LogP contribution in [0.25, 0.3) is 5.65 Å². The average Bonchev–Trinajstić information content (AvgIpc) is 3.06. The smallest absolute Gasteiger partial charge is 0.203 e. The zero-order chi connectivity index (χ0) is 13.1. The van der Waals surface area contributed by atoms with Crippen LogP contribution in [0.15, 0.2) is 12.4 Å². The summed E-state index contributed by atoms with van der Waals surface area (Å²) >= 11 is 0. The summed E-state index contributed by atoms with van der Waals surface area (Å²) in [6.07, 6.45) is 7.52. The highest BCUT2D eigenvalue weighted by Gasteiger charge is 2.11. The Kier molecular flexibility index (Phi) is 3.59. The van der Waals surface area contributed by atoms with Crippen molar-refractivity contribution >= 4 is 11.5 Å². The van der Waals surface area contributed by atoms with Crippen LogP contribution in [0.3, 0.4) is 0 Å². The van der Waals surface area contributed by atoms with E-state index in [-0.39, 0.29) is 0 Å². The van der Waals surface area contributed by atoms with Gasteiger partial charge in [-0.25, -0.2) is 4.98 Å². The van der Waals surface area contributed by atoms with Gasteiger partial charge in [0.25, 0.3) is 0 Å². The number of anilines is 1. The fraction of sp³-hybridized carbons (Fsp3) is 0.615. The van der Waals surface area contributed by atoms with Gasteiger partial charge in [0, 0.05) is 18.9 Å². The summed E-state index contributed by atoms with van der Waals surface area (Å²) in [6, 6.07) is 0. The largest absolute Gasteiger partial charge is 0.367 e. The Balaban J connectivity index is 1.56. The van der Waals surface area contributed by atoms with Crippen molar-refractivity contribution in [1.29, 1.82) is 0 Å². The van der Waals surface area contributed by atoms with Gasteiger partial charge in [0.2, 0.25) is 5.65 Å². The quantitative estimate of drug-likeness (QED) is 0.822. The van der Waals surface area contributed by atoms with E-state index in [0.717, 1.165) is 30.3 Å². The van der Waals surface area contributed by atoms with Crippen molar-refractivity contribution in [3.8, 4) is 0 Å². The van der Waals surface area contributed by atoms with E-state index in [1.807, 2.05) is 17.5 Å². The number of nitrogens with zero attached hydrogens (tertiary/aromatic N) is 5. The van der Waals surface area contributed by atoms with Gasteiger partial charge in [0.1, 0.15) is 5.82 Å². The van der Waals surface area contributed by atoms with Gasteiger partial charge in [-0.3, -0.25) is 4.40 Å². The van der Waals surface area contributed by atoms with Gasteiger partial charge in [-0.1, -0.05) is 0 Å². The maximum atomic E-state index is 4.34. The molecule has 6 heteroatoms. The zero-order valence-corrected chi connectivity index (χ0v) is 11.3. The third-order valence-corrected chi connectivity index (χ3v) is 3.64. The van der Waals surface area contributed by atoms with Crippen LogP contribution in [0.4, 0.5) is 5.82 Å². The monoisotopic (exact) mass is 260 g/mol. The molecule has 0 aliphatic carbocycles. The summed E-state index contributed by atoms with van der Waals surface area (Å²) < 4.78 is 1.95. The van der Waals surface area contributed by atoms with Crippen LogP contribution in [-0.2, 0) is 0 Å². The molecule has 1 saturated heterocycles. The van der Waals surface area contributed by atoms with Crippen molar-refractivity contribution < 1.29 is 0 Å². The maximum Gasteiger partial charge on any atom is 0.203 e. The Hall–Kier alpha value is -1.69. The van der Waals surface area contributed by atoms with Crippen LogP contribution in [-0.4, -0.2) is 50.7 Å². The Bertz CT molecular complexity index is 543. The molecule has 102 valence electrons. The first-order valence-corrected chi connectivity index (χ1v) is 6.97. The van der Waals surface area contributed by atoms with Gasteiger partial charge in [-0.2, -0.15) is 0 Å². The summed E-state index contributed by atoms with van der Waals surface area (Å²) in [7, 11) is 0. The second kappa shape index (κ2) is 5.52. The first-order chi connectivity index (χ1) is 9.34. The molecule has 0 unspecified atom stereocenters. The normalized spacial score (nSPS) is 16.3. The first-order valence-electron chi connectivity index (χ1n) is 6.97. The number of rotatable bonds is 5. The van der Waals surface area contributed by atoms with Crippen molar-refractivity contribution in [2.75, 3.05) is 31.5 Å². The van der Waals surface area contributed by atoms with E-state index in [1.165, 1.54) is 32.5 Å². The number of aryl methyl sites for hydroxylation is 1. The predicted octanol–water partition coefficient (Wildman–Crippen LogP) is 1.33.